The summed E-state index contributed by atoms with van der Waals surface area (Å²) in [5.74, 6) is -1.99. The molecule has 69 heavy (non-hydrogen) atoms. The van der Waals surface area contributed by atoms with Crippen molar-refractivity contribution < 1.29 is 38.2 Å². The monoisotopic (exact) mass is 997 g/mol. The van der Waals surface area contributed by atoms with Crippen LogP contribution in [0, 0.1) is 0 Å². The molecule has 6 amide bonds. The molecule has 0 bridgehead atoms. The van der Waals surface area contributed by atoms with E-state index in [0.717, 1.165) is 37.7 Å². The van der Waals surface area contributed by atoms with Crippen LogP contribution in [-0.4, -0.2) is 86.2 Å². The van der Waals surface area contributed by atoms with Crippen molar-refractivity contribution in [1.82, 2.24) is 31.9 Å². The van der Waals surface area contributed by atoms with Crippen LogP contribution in [-0.2, 0) is 48.3 Å². The summed E-state index contributed by atoms with van der Waals surface area (Å²) in [6, 6.07) is 19.1. The molecule has 380 valence electrons. The van der Waals surface area contributed by atoms with Crippen LogP contribution in [0.15, 0.2) is 78.9 Å². The van der Waals surface area contributed by atoms with Crippen LogP contribution in [0.5, 0.6) is 0 Å². The Morgan fingerprint density at radius 2 is 0.884 bits per heavy atom. The molecule has 0 radical (unpaired) electrons. The first kappa shape index (κ1) is 57.9. The number of carbonyl (C=O) groups excluding carboxylic acids is 6. The minimum absolute atomic E-state index is 0.0804. The van der Waals surface area contributed by atoms with E-state index in [2.05, 4.69) is 38.8 Å². The van der Waals surface area contributed by atoms with E-state index in [0.29, 0.717) is 85.8 Å². The van der Waals surface area contributed by atoms with E-state index in [4.69, 9.17) is 44.1 Å². The molecular formula is C51H74Cl2N8O8. The summed E-state index contributed by atoms with van der Waals surface area (Å²) >= 11 is 12.5. The lowest BCUT2D eigenvalue weighted by Crippen LogP contribution is -2.57. The van der Waals surface area contributed by atoms with Gasteiger partial charge in [-0.15, -0.1) is 0 Å². The summed E-state index contributed by atoms with van der Waals surface area (Å²) in [5.41, 5.74) is 13.5. The zero-order chi connectivity index (χ0) is 50.1. The molecular weight excluding hydrogens is 924 g/mol. The summed E-state index contributed by atoms with van der Waals surface area (Å²) < 4.78 is 10.8. The summed E-state index contributed by atoms with van der Waals surface area (Å²) in [7, 11) is 0. The Bertz CT molecular complexity index is 2000. The standard InChI is InChI=1S/C51H74Cl2N8O8/c1-2-3-4-5-6-19-32-57-47(63)45(34-37-21-8-7-9-22-37)59-48(64)43(58-49(65)44(28-15-18-31-55)61-51(67)69-36-39-24-11-13-26-41(39)53)29-16-20-33-56-46(62)42(27-14-17-30-54)60-50(66)68-35-38-23-10-12-25-40(38)52/h7-13,21-26,42-45H,2-6,14-20,27-36,54-55H2,1H3,(H,56,62)(H,57,63)(H,58,65)(H,59,64)(H,60,66)(H,61,67)/t42-,43-,44-,45-/m0/s1. The zero-order valence-electron chi connectivity index (χ0n) is 40.0. The van der Waals surface area contributed by atoms with E-state index in [1.807, 2.05) is 30.3 Å². The van der Waals surface area contributed by atoms with E-state index in [1.54, 1.807) is 48.5 Å². The molecule has 0 aliphatic carbocycles. The maximum absolute atomic E-state index is 14.3. The van der Waals surface area contributed by atoms with Crippen molar-refractivity contribution in [2.24, 2.45) is 11.5 Å². The maximum Gasteiger partial charge on any atom is 0.408 e. The second-order valence-corrected chi connectivity index (χ2v) is 17.8. The Balaban J connectivity index is 1.75. The van der Waals surface area contributed by atoms with Crippen molar-refractivity contribution in [1.29, 1.82) is 0 Å². The van der Waals surface area contributed by atoms with E-state index in [9.17, 15) is 28.8 Å². The molecule has 3 rings (SSSR count). The molecule has 4 atom stereocenters. The number of halogens is 2. The number of rotatable bonds is 34. The van der Waals surface area contributed by atoms with Crippen LogP contribution in [0.2, 0.25) is 10.0 Å². The third kappa shape index (κ3) is 24.1. The van der Waals surface area contributed by atoms with Crippen molar-refractivity contribution in [3.05, 3.63) is 106 Å². The molecule has 0 heterocycles. The number of nitrogens with one attached hydrogen (secondary N) is 6. The number of hydrogen-bond acceptors (Lipinski definition) is 10. The first-order valence-electron chi connectivity index (χ1n) is 24.4. The SMILES string of the molecule is CCCCCCCCNC(=O)[C@H](Cc1ccccc1)NC(=O)[C@H](CCCCNC(=O)[C@H](CCCCN)NC(=O)OCc1ccccc1Cl)NC(=O)[C@H](CCCCN)NC(=O)OCc1ccccc1Cl. The quantitative estimate of drug-likeness (QED) is 0.0282. The second kappa shape index (κ2) is 34.8. The highest BCUT2D eigenvalue weighted by Crippen LogP contribution is 2.17. The van der Waals surface area contributed by atoms with Gasteiger partial charge in [0.05, 0.1) is 0 Å². The lowest BCUT2D eigenvalue weighted by atomic mass is 10.0. The van der Waals surface area contributed by atoms with Crippen molar-refractivity contribution in [3.63, 3.8) is 0 Å². The third-order valence-corrected chi connectivity index (χ3v) is 12.1. The molecule has 0 saturated carbocycles. The largest absolute Gasteiger partial charge is 0.445 e. The van der Waals surface area contributed by atoms with E-state index < -0.39 is 54.1 Å². The molecule has 0 fully saturated rings. The fourth-order valence-corrected chi connectivity index (χ4v) is 7.71. The van der Waals surface area contributed by atoms with Gasteiger partial charge in [0, 0.05) is 40.7 Å². The average molecular weight is 998 g/mol. The Hall–Kier alpha value is -5.42. The van der Waals surface area contributed by atoms with Crippen LogP contribution in [0.1, 0.15) is 120 Å². The van der Waals surface area contributed by atoms with E-state index in [1.165, 1.54) is 6.42 Å². The van der Waals surface area contributed by atoms with Crippen LogP contribution < -0.4 is 43.4 Å². The van der Waals surface area contributed by atoms with Crippen LogP contribution >= 0.6 is 23.2 Å². The van der Waals surface area contributed by atoms with Crippen molar-refractivity contribution in [3.8, 4) is 0 Å². The van der Waals surface area contributed by atoms with Gasteiger partial charge in [0.1, 0.15) is 37.4 Å². The third-order valence-electron chi connectivity index (χ3n) is 11.3. The highest BCUT2D eigenvalue weighted by Gasteiger charge is 2.30. The number of ether oxygens (including phenoxy) is 2. The summed E-state index contributed by atoms with van der Waals surface area (Å²) in [6.07, 6.45) is 8.55. The fourth-order valence-electron chi connectivity index (χ4n) is 7.33. The fraction of sp³-hybridized carbons (Fsp3) is 0.529. The minimum Gasteiger partial charge on any atom is -0.445 e. The molecule has 0 saturated heterocycles. The highest BCUT2D eigenvalue weighted by molar-refractivity contribution is 6.31. The van der Waals surface area contributed by atoms with Gasteiger partial charge >= 0.3 is 12.2 Å². The van der Waals surface area contributed by atoms with Crippen LogP contribution in [0.25, 0.3) is 0 Å². The van der Waals surface area contributed by atoms with Crippen LogP contribution in [0.4, 0.5) is 9.59 Å². The van der Waals surface area contributed by atoms with Gasteiger partial charge in [-0.3, -0.25) is 19.2 Å². The Morgan fingerprint density at radius 1 is 0.478 bits per heavy atom. The average Bonchev–Trinajstić information content (AvgIpc) is 3.34. The predicted octanol–water partition coefficient (Wildman–Crippen LogP) is 7.12. The minimum atomic E-state index is -1.14. The number of nitrogens with two attached hydrogens (primary N) is 2. The summed E-state index contributed by atoms with van der Waals surface area (Å²) in [5, 5.41) is 17.8. The maximum atomic E-state index is 14.3. The highest BCUT2D eigenvalue weighted by atomic mass is 35.5. The number of hydrogen-bond donors (Lipinski definition) is 8. The van der Waals surface area contributed by atoms with Crippen molar-refractivity contribution in [2.45, 2.75) is 147 Å². The molecule has 3 aromatic rings. The molecule has 10 N–H and O–H groups in total. The first-order valence-corrected chi connectivity index (χ1v) is 25.1. The molecule has 18 heteroatoms. The number of carbonyl (C=O) groups is 6. The number of unbranched alkanes of at least 4 members (excludes halogenated alkanes) is 8. The zero-order valence-corrected chi connectivity index (χ0v) is 41.6. The van der Waals surface area contributed by atoms with Crippen molar-refractivity contribution >= 4 is 59.0 Å². The summed E-state index contributed by atoms with van der Waals surface area (Å²) in [4.78, 5) is 81.4. The molecule has 3 aromatic carbocycles. The molecule has 0 spiro atoms. The van der Waals surface area contributed by atoms with Gasteiger partial charge in [0.25, 0.3) is 0 Å². The Kier molecular flexibility index (Phi) is 29.2. The predicted molar refractivity (Wildman–Crippen MR) is 270 cm³/mol. The second-order valence-electron chi connectivity index (χ2n) is 17.0. The van der Waals surface area contributed by atoms with Gasteiger partial charge in [-0.05, 0) is 95.0 Å². The lowest BCUT2D eigenvalue weighted by Gasteiger charge is -2.26. The Labute approximate surface area is 417 Å². The summed E-state index contributed by atoms with van der Waals surface area (Å²) in [6.45, 7) is 3.37. The van der Waals surface area contributed by atoms with Gasteiger partial charge in [0.15, 0.2) is 0 Å². The van der Waals surface area contributed by atoms with Crippen molar-refractivity contribution in [2.75, 3.05) is 26.2 Å². The molecule has 0 unspecified atom stereocenters. The smallest absolute Gasteiger partial charge is 0.408 e. The van der Waals surface area contributed by atoms with E-state index >= 15 is 0 Å². The molecule has 0 aliphatic rings. The first-order chi connectivity index (χ1) is 33.4. The van der Waals surface area contributed by atoms with E-state index in [-0.39, 0.29) is 44.9 Å². The van der Waals surface area contributed by atoms with Gasteiger partial charge in [-0.2, -0.15) is 0 Å². The number of alkyl carbamates (subject to hydrolysis) is 2. The number of benzene rings is 3. The van der Waals surface area contributed by atoms with Crippen LogP contribution in [0.3, 0.4) is 0 Å². The topological polar surface area (TPSA) is 245 Å². The molecule has 16 nitrogen and oxygen atoms in total. The van der Waals surface area contributed by atoms with Gasteiger partial charge in [0.2, 0.25) is 23.6 Å². The normalized spacial score (nSPS) is 12.7. The Morgan fingerprint density at radius 3 is 1.39 bits per heavy atom. The van der Waals surface area contributed by atoms with Gasteiger partial charge < -0.3 is 52.8 Å². The molecule has 0 aliphatic heterocycles. The lowest BCUT2D eigenvalue weighted by molar-refractivity contribution is -0.132. The van der Waals surface area contributed by atoms with Gasteiger partial charge in [-0.25, -0.2) is 9.59 Å². The number of amides is 6. The molecule has 0 aromatic heterocycles. The van der Waals surface area contributed by atoms with Gasteiger partial charge in [-0.1, -0.05) is 129 Å².